The minimum Gasteiger partial charge on any atom is -0.483 e. The van der Waals surface area contributed by atoms with Crippen molar-refractivity contribution in [1.29, 1.82) is 0 Å². The Morgan fingerprint density at radius 2 is 1.80 bits per heavy atom. The van der Waals surface area contributed by atoms with Gasteiger partial charge in [-0.2, -0.15) is 0 Å². The topological polar surface area (TPSA) is 32.8 Å². The van der Waals surface area contributed by atoms with Gasteiger partial charge in [-0.3, -0.25) is 9.69 Å². The molecule has 3 rings (SSSR count). The molecular formula is C20H23BrN2O2. The molecule has 1 fully saturated rings. The number of amides is 1. The number of ether oxygens (including phenoxy) is 1. The van der Waals surface area contributed by atoms with Crippen LogP contribution >= 0.6 is 15.9 Å². The molecule has 0 atom stereocenters. The molecule has 1 heterocycles. The van der Waals surface area contributed by atoms with Gasteiger partial charge in [0.2, 0.25) is 0 Å². The smallest absolute Gasteiger partial charge is 0.260 e. The van der Waals surface area contributed by atoms with Crippen molar-refractivity contribution in [2.45, 2.75) is 13.5 Å². The second kappa shape index (κ2) is 8.50. The van der Waals surface area contributed by atoms with Crippen LogP contribution in [0, 0.1) is 6.92 Å². The summed E-state index contributed by atoms with van der Waals surface area (Å²) in [6.45, 7) is 6.34. The van der Waals surface area contributed by atoms with Crippen LogP contribution in [0.15, 0.2) is 53.0 Å². The van der Waals surface area contributed by atoms with Crippen molar-refractivity contribution >= 4 is 21.8 Å². The highest BCUT2D eigenvalue weighted by Gasteiger charge is 2.21. The average Bonchev–Trinajstić information content (AvgIpc) is 2.62. The number of rotatable bonds is 5. The molecule has 132 valence electrons. The van der Waals surface area contributed by atoms with Gasteiger partial charge in [0.05, 0.1) is 0 Å². The lowest BCUT2D eigenvalue weighted by Gasteiger charge is -2.34. The largest absolute Gasteiger partial charge is 0.483 e. The van der Waals surface area contributed by atoms with E-state index in [0.29, 0.717) is 0 Å². The lowest BCUT2D eigenvalue weighted by molar-refractivity contribution is -0.135. The third-order valence-corrected chi connectivity index (χ3v) is 4.96. The molecule has 2 aromatic carbocycles. The van der Waals surface area contributed by atoms with Gasteiger partial charge in [0.15, 0.2) is 6.61 Å². The number of halogens is 1. The number of piperazine rings is 1. The molecule has 4 nitrogen and oxygen atoms in total. The molecule has 0 spiro atoms. The van der Waals surface area contributed by atoms with Crippen molar-refractivity contribution in [2.75, 3.05) is 32.8 Å². The summed E-state index contributed by atoms with van der Waals surface area (Å²) in [7, 11) is 0. The Morgan fingerprint density at radius 3 is 2.48 bits per heavy atom. The van der Waals surface area contributed by atoms with Gasteiger partial charge in [-0.05, 0) is 36.2 Å². The zero-order chi connectivity index (χ0) is 17.6. The standard InChI is InChI=1S/C20H23BrN2O2/c1-16-13-18(21)7-8-19(16)25-15-20(24)23-11-9-22(10-12-23)14-17-5-3-2-4-6-17/h2-8,13H,9-12,14-15H2,1H3. The summed E-state index contributed by atoms with van der Waals surface area (Å²) in [4.78, 5) is 16.7. The van der Waals surface area contributed by atoms with Crippen molar-refractivity contribution < 1.29 is 9.53 Å². The van der Waals surface area contributed by atoms with Crippen LogP contribution in [0.1, 0.15) is 11.1 Å². The van der Waals surface area contributed by atoms with Crippen LogP contribution in [0.3, 0.4) is 0 Å². The van der Waals surface area contributed by atoms with E-state index in [0.717, 1.165) is 48.5 Å². The van der Waals surface area contributed by atoms with Crippen LogP contribution in [0.25, 0.3) is 0 Å². The van der Waals surface area contributed by atoms with E-state index in [1.807, 2.05) is 36.1 Å². The van der Waals surface area contributed by atoms with Gasteiger partial charge in [0.1, 0.15) is 5.75 Å². The second-order valence-electron chi connectivity index (χ2n) is 6.34. The Labute approximate surface area is 157 Å². The maximum atomic E-state index is 12.4. The molecule has 1 aliphatic heterocycles. The number of hydrogen-bond donors (Lipinski definition) is 0. The van der Waals surface area contributed by atoms with Crippen molar-refractivity contribution in [3.05, 3.63) is 64.1 Å². The van der Waals surface area contributed by atoms with Crippen molar-refractivity contribution in [3.8, 4) is 5.75 Å². The first kappa shape index (κ1) is 18.0. The van der Waals surface area contributed by atoms with E-state index in [1.54, 1.807) is 0 Å². The summed E-state index contributed by atoms with van der Waals surface area (Å²) >= 11 is 3.43. The Kier molecular flexibility index (Phi) is 6.10. The van der Waals surface area contributed by atoms with Crippen LogP contribution in [0.2, 0.25) is 0 Å². The summed E-state index contributed by atoms with van der Waals surface area (Å²) in [5, 5.41) is 0. The van der Waals surface area contributed by atoms with E-state index < -0.39 is 0 Å². The monoisotopic (exact) mass is 402 g/mol. The summed E-state index contributed by atoms with van der Waals surface area (Å²) in [6.07, 6.45) is 0. The van der Waals surface area contributed by atoms with E-state index in [1.165, 1.54) is 5.56 Å². The summed E-state index contributed by atoms with van der Waals surface area (Å²) in [5.41, 5.74) is 2.34. The van der Waals surface area contributed by atoms with E-state index in [2.05, 4.69) is 45.1 Å². The molecule has 1 amide bonds. The molecule has 0 N–H and O–H groups in total. The summed E-state index contributed by atoms with van der Waals surface area (Å²) in [5.74, 6) is 0.820. The van der Waals surface area contributed by atoms with Gasteiger partial charge in [-0.15, -0.1) is 0 Å². The van der Waals surface area contributed by atoms with Gasteiger partial charge in [-0.25, -0.2) is 0 Å². The first-order valence-electron chi connectivity index (χ1n) is 8.55. The highest BCUT2D eigenvalue weighted by molar-refractivity contribution is 9.10. The third-order valence-electron chi connectivity index (χ3n) is 4.46. The molecule has 0 unspecified atom stereocenters. The first-order valence-corrected chi connectivity index (χ1v) is 9.34. The van der Waals surface area contributed by atoms with Gasteiger partial charge in [-0.1, -0.05) is 46.3 Å². The quantitative estimate of drug-likeness (QED) is 0.767. The molecule has 1 aliphatic rings. The lowest BCUT2D eigenvalue weighted by Crippen LogP contribution is -2.49. The minimum atomic E-state index is 0.0571. The van der Waals surface area contributed by atoms with Crippen LogP contribution < -0.4 is 4.74 Å². The summed E-state index contributed by atoms with van der Waals surface area (Å²) < 4.78 is 6.72. The number of hydrogen-bond acceptors (Lipinski definition) is 3. The highest BCUT2D eigenvalue weighted by atomic mass is 79.9. The van der Waals surface area contributed by atoms with Gasteiger partial charge in [0.25, 0.3) is 5.91 Å². The predicted molar refractivity (Wildman–Crippen MR) is 103 cm³/mol. The fourth-order valence-electron chi connectivity index (χ4n) is 3.00. The molecule has 0 aromatic heterocycles. The van der Waals surface area contributed by atoms with Gasteiger partial charge < -0.3 is 9.64 Å². The minimum absolute atomic E-state index is 0.0571. The number of nitrogens with zero attached hydrogens (tertiary/aromatic N) is 2. The van der Waals surface area contributed by atoms with Crippen molar-refractivity contribution in [1.82, 2.24) is 9.80 Å². The fraction of sp³-hybridized carbons (Fsp3) is 0.350. The zero-order valence-corrected chi connectivity index (χ0v) is 16.0. The normalized spacial score (nSPS) is 15.2. The first-order chi connectivity index (χ1) is 12.1. The predicted octanol–water partition coefficient (Wildman–Crippen LogP) is 3.48. The molecule has 1 saturated heterocycles. The molecule has 0 bridgehead atoms. The SMILES string of the molecule is Cc1cc(Br)ccc1OCC(=O)N1CCN(Cc2ccccc2)CC1. The third kappa shape index (κ3) is 5.06. The molecular weight excluding hydrogens is 380 g/mol. The van der Waals surface area contributed by atoms with Crippen molar-refractivity contribution in [3.63, 3.8) is 0 Å². The molecule has 0 saturated carbocycles. The van der Waals surface area contributed by atoms with E-state index in [-0.39, 0.29) is 12.5 Å². The Bertz CT molecular complexity index is 713. The van der Waals surface area contributed by atoms with Crippen LogP contribution in [-0.2, 0) is 11.3 Å². The summed E-state index contributed by atoms with van der Waals surface area (Å²) in [6, 6.07) is 16.3. The maximum Gasteiger partial charge on any atom is 0.260 e. The molecule has 25 heavy (non-hydrogen) atoms. The van der Waals surface area contributed by atoms with Crippen LogP contribution in [0.5, 0.6) is 5.75 Å². The van der Waals surface area contributed by atoms with E-state index >= 15 is 0 Å². The van der Waals surface area contributed by atoms with Crippen LogP contribution in [0.4, 0.5) is 0 Å². The van der Waals surface area contributed by atoms with Gasteiger partial charge >= 0.3 is 0 Å². The maximum absolute atomic E-state index is 12.4. The van der Waals surface area contributed by atoms with E-state index in [4.69, 9.17) is 4.74 Å². The molecule has 0 radical (unpaired) electrons. The van der Waals surface area contributed by atoms with Gasteiger partial charge in [0, 0.05) is 37.2 Å². The Hall–Kier alpha value is -1.85. The second-order valence-corrected chi connectivity index (χ2v) is 7.26. The average molecular weight is 403 g/mol. The number of aryl methyl sites for hydroxylation is 1. The lowest BCUT2D eigenvalue weighted by atomic mass is 10.2. The van der Waals surface area contributed by atoms with E-state index in [9.17, 15) is 4.79 Å². The van der Waals surface area contributed by atoms with Crippen LogP contribution in [-0.4, -0.2) is 48.5 Å². The molecule has 0 aliphatic carbocycles. The number of benzene rings is 2. The fourth-order valence-corrected chi connectivity index (χ4v) is 3.48. The Balaban J connectivity index is 1.45. The zero-order valence-electron chi connectivity index (χ0n) is 14.5. The highest BCUT2D eigenvalue weighted by Crippen LogP contribution is 2.22. The number of carbonyl (C=O) groups excluding carboxylic acids is 1. The molecule has 5 heteroatoms. The Morgan fingerprint density at radius 1 is 1.08 bits per heavy atom. The molecule has 2 aromatic rings. The number of carbonyl (C=O) groups is 1. The van der Waals surface area contributed by atoms with Crippen molar-refractivity contribution in [2.24, 2.45) is 0 Å².